The molecule has 0 bridgehead atoms. The summed E-state index contributed by atoms with van der Waals surface area (Å²) in [5.41, 5.74) is 2.30. The Labute approximate surface area is 84.8 Å². The van der Waals surface area contributed by atoms with Crippen LogP contribution in [0, 0.1) is 0 Å². The third kappa shape index (κ3) is 3.14. The minimum atomic E-state index is -1.05. The zero-order valence-corrected chi connectivity index (χ0v) is 8.37. The molecule has 0 aliphatic rings. The molecule has 1 rings (SSSR count). The Morgan fingerprint density at radius 1 is 1.71 bits per heavy atom. The molecule has 0 saturated carbocycles. The molecule has 1 heterocycles. The minimum Gasteiger partial charge on any atom is -0.480 e. The number of carbonyl (C=O) groups is 2. The fourth-order valence-electron chi connectivity index (χ4n) is 0.993. The summed E-state index contributed by atoms with van der Waals surface area (Å²) in [6.45, 7) is 1.29. The molecule has 1 aromatic rings. The van der Waals surface area contributed by atoms with Crippen molar-refractivity contribution in [1.29, 1.82) is 0 Å². The molecule has 6 heteroatoms. The van der Waals surface area contributed by atoms with Crippen molar-refractivity contribution in [3.05, 3.63) is 16.6 Å². The molecule has 1 amide bonds. The highest BCUT2D eigenvalue weighted by Crippen LogP contribution is 2.04. The molecule has 0 spiro atoms. The summed E-state index contributed by atoms with van der Waals surface area (Å²) in [5, 5.41) is 12.9. The Hall–Kier alpha value is -1.43. The van der Waals surface area contributed by atoms with Crippen molar-refractivity contribution < 1.29 is 14.7 Å². The van der Waals surface area contributed by atoms with Crippen LogP contribution < -0.4 is 5.32 Å². The van der Waals surface area contributed by atoms with Gasteiger partial charge in [0.05, 0.1) is 11.2 Å². The molecule has 2 N–H and O–H groups in total. The number of nitrogens with zero attached hydrogens (tertiary/aromatic N) is 1. The number of amides is 1. The van der Waals surface area contributed by atoms with Crippen LogP contribution in [0.2, 0.25) is 0 Å². The third-order valence-corrected chi connectivity index (χ3v) is 2.21. The van der Waals surface area contributed by atoms with Crippen LogP contribution in [0.4, 0.5) is 0 Å². The number of aromatic nitrogens is 1. The van der Waals surface area contributed by atoms with Crippen LogP contribution in [0.25, 0.3) is 0 Å². The van der Waals surface area contributed by atoms with Gasteiger partial charge in [-0.1, -0.05) is 0 Å². The topological polar surface area (TPSA) is 79.3 Å². The summed E-state index contributed by atoms with van der Waals surface area (Å²) >= 11 is 1.40. The Morgan fingerprint density at radius 2 is 2.43 bits per heavy atom. The van der Waals surface area contributed by atoms with Gasteiger partial charge in [-0.3, -0.25) is 4.79 Å². The molecular formula is C8H10N2O3S. The van der Waals surface area contributed by atoms with Crippen LogP contribution in [0.1, 0.15) is 12.6 Å². The van der Waals surface area contributed by atoms with Crippen molar-refractivity contribution in [2.45, 2.75) is 19.4 Å². The molecule has 0 fully saturated rings. The largest absolute Gasteiger partial charge is 0.480 e. The van der Waals surface area contributed by atoms with E-state index in [1.54, 1.807) is 10.9 Å². The number of carboxylic acids is 1. The van der Waals surface area contributed by atoms with E-state index in [1.807, 2.05) is 0 Å². The van der Waals surface area contributed by atoms with Gasteiger partial charge in [0.2, 0.25) is 5.91 Å². The lowest BCUT2D eigenvalue weighted by Crippen LogP contribution is -2.41. The number of hydrogen-bond acceptors (Lipinski definition) is 4. The number of aliphatic carboxylic acids is 1. The fourth-order valence-corrected chi connectivity index (χ4v) is 1.56. The summed E-state index contributed by atoms with van der Waals surface area (Å²) in [6.07, 6.45) is 0.221. The van der Waals surface area contributed by atoms with E-state index in [1.165, 1.54) is 18.3 Å². The minimum absolute atomic E-state index is 0.221. The zero-order chi connectivity index (χ0) is 10.6. The van der Waals surface area contributed by atoms with Crippen molar-refractivity contribution in [2.24, 2.45) is 0 Å². The molecule has 0 aliphatic carbocycles. The maximum atomic E-state index is 10.7. The second-order valence-electron chi connectivity index (χ2n) is 2.78. The van der Waals surface area contributed by atoms with Crippen LogP contribution in [0.5, 0.6) is 0 Å². The van der Waals surface area contributed by atoms with Crippen LogP contribution >= 0.6 is 11.3 Å². The van der Waals surface area contributed by atoms with E-state index in [0.29, 0.717) is 5.69 Å². The van der Waals surface area contributed by atoms with Crippen molar-refractivity contribution in [3.8, 4) is 0 Å². The first-order valence-electron chi connectivity index (χ1n) is 3.96. The van der Waals surface area contributed by atoms with Gasteiger partial charge in [0.15, 0.2) is 0 Å². The van der Waals surface area contributed by atoms with Crippen molar-refractivity contribution in [1.82, 2.24) is 10.3 Å². The van der Waals surface area contributed by atoms with Gasteiger partial charge in [-0.2, -0.15) is 0 Å². The smallest absolute Gasteiger partial charge is 0.326 e. The van der Waals surface area contributed by atoms with Crippen LogP contribution in [0.15, 0.2) is 10.9 Å². The normalized spacial score (nSPS) is 12.1. The highest BCUT2D eigenvalue weighted by Gasteiger charge is 2.19. The maximum absolute atomic E-state index is 10.7. The average Bonchev–Trinajstić information content (AvgIpc) is 2.54. The van der Waals surface area contributed by atoms with Gasteiger partial charge < -0.3 is 10.4 Å². The molecule has 76 valence electrons. The first-order valence-corrected chi connectivity index (χ1v) is 4.91. The number of rotatable bonds is 4. The van der Waals surface area contributed by atoms with E-state index in [9.17, 15) is 9.59 Å². The third-order valence-electron chi connectivity index (χ3n) is 1.57. The Balaban J connectivity index is 2.60. The predicted molar refractivity (Wildman–Crippen MR) is 51.1 cm³/mol. The molecule has 0 aromatic carbocycles. The van der Waals surface area contributed by atoms with E-state index in [0.717, 1.165) is 0 Å². The van der Waals surface area contributed by atoms with E-state index < -0.39 is 12.0 Å². The van der Waals surface area contributed by atoms with E-state index in [4.69, 9.17) is 5.11 Å². The monoisotopic (exact) mass is 214 g/mol. The molecule has 1 atom stereocenters. The highest BCUT2D eigenvalue weighted by molar-refractivity contribution is 7.07. The van der Waals surface area contributed by atoms with Crippen LogP contribution in [0.3, 0.4) is 0 Å². The lowest BCUT2D eigenvalue weighted by Gasteiger charge is -2.11. The van der Waals surface area contributed by atoms with Crippen LogP contribution in [-0.2, 0) is 16.0 Å². The van der Waals surface area contributed by atoms with E-state index >= 15 is 0 Å². The maximum Gasteiger partial charge on any atom is 0.326 e. The SMILES string of the molecule is CC(=O)NC(Cc1cscn1)C(=O)O. The van der Waals surface area contributed by atoms with Gasteiger partial charge in [0.25, 0.3) is 0 Å². The summed E-state index contributed by atoms with van der Waals surface area (Å²) in [4.78, 5) is 25.4. The van der Waals surface area contributed by atoms with Gasteiger partial charge in [0, 0.05) is 18.7 Å². The number of carboxylic acid groups (broad SMARTS) is 1. The average molecular weight is 214 g/mol. The lowest BCUT2D eigenvalue weighted by atomic mass is 10.2. The molecule has 1 aromatic heterocycles. The highest BCUT2D eigenvalue weighted by atomic mass is 32.1. The first kappa shape index (κ1) is 10.6. The Morgan fingerprint density at radius 3 is 2.86 bits per heavy atom. The number of carbonyl (C=O) groups excluding carboxylic acids is 1. The number of hydrogen-bond donors (Lipinski definition) is 2. The summed E-state index contributed by atoms with van der Waals surface area (Å²) in [6, 6.07) is -0.894. The van der Waals surface area contributed by atoms with Gasteiger partial charge in [0.1, 0.15) is 6.04 Å². The van der Waals surface area contributed by atoms with Crippen molar-refractivity contribution in [3.63, 3.8) is 0 Å². The van der Waals surface area contributed by atoms with Crippen LogP contribution in [-0.4, -0.2) is 28.0 Å². The zero-order valence-electron chi connectivity index (χ0n) is 7.56. The summed E-state index contributed by atoms with van der Waals surface area (Å²) in [7, 11) is 0. The quantitative estimate of drug-likeness (QED) is 0.754. The van der Waals surface area contributed by atoms with Gasteiger partial charge >= 0.3 is 5.97 Å². The summed E-state index contributed by atoms with van der Waals surface area (Å²) < 4.78 is 0. The second kappa shape index (κ2) is 4.71. The standard InChI is InChI=1S/C8H10N2O3S/c1-5(11)10-7(8(12)13)2-6-3-14-4-9-6/h3-4,7H,2H2,1H3,(H,10,11)(H,12,13). The molecule has 14 heavy (non-hydrogen) atoms. The fraction of sp³-hybridized carbons (Fsp3) is 0.375. The molecule has 0 aliphatic heterocycles. The number of thiazole rings is 1. The Kier molecular flexibility index (Phi) is 3.58. The number of nitrogens with one attached hydrogen (secondary N) is 1. The molecule has 1 unspecified atom stereocenters. The predicted octanol–water partition coefficient (Wildman–Crippen LogP) is 0.275. The van der Waals surface area contributed by atoms with E-state index in [-0.39, 0.29) is 12.3 Å². The van der Waals surface area contributed by atoms with Gasteiger partial charge in [-0.15, -0.1) is 11.3 Å². The second-order valence-corrected chi connectivity index (χ2v) is 3.49. The molecule has 0 radical (unpaired) electrons. The summed E-state index contributed by atoms with van der Waals surface area (Å²) in [5.74, 6) is -1.40. The lowest BCUT2D eigenvalue weighted by molar-refractivity contribution is -0.141. The van der Waals surface area contributed by atoms with Gasteiger partial charge in [-0.05, 0) is 0 Å². The van der Waals surface area contributed by atoms with Crippen molar-refractivity contribution in [2.75, 3.05) is 0 Å². The molecule has 5 nitrogen and oxygen atoms in total. The molecular weight excluding hydrogens is 204 g/mol. The molecule has 0 saturated heterocycles. The first-order chi connectivity index (χ1) is 6.59. The van der Waals surface area contributed by atoms with E-state index in [2.05, 4.69) is 10.3 Å². The van der Waals surface area contributed by atoms with Crippen molar-refractivity contribution >= 4 is 23.2 Å². The van der Waals surface area contributed by atoms with Gasteiger partial charge in [-0.25, -0.2) is 9.78 Å². The Bertz CT molecular complexity index is 323.